The molecule has 3 unspecified atom stereocenters. The van der Waals surface area contributed by atoms with Gasteiger partial charge in [-0.1, -0.05) is 6.07 Å². The van der Waals surface area contributed by atoms with Crippen LogP contribution < -0.4 is 10.2 Å². The lowest BCUT2D eigenvalue weighted by atomic mass is 9.92. The number of piperidine rings is 1. The third-order valence-electron chi connectivity index (χ3n) is 4.55. The third-order valence-corrected chi connectivity index (χ3v) is 4.55. The Hall–Kier alpha value is -1.13. The van der Waals surface area contributed by atoms with Crippen LogP contribution in [0.2, 0.25) is 0 Å². The molecule has 0 amide bonds. The standard InChI is InChI=1S/C15H23N3O/c1-18(2)14-7-3-6-13(17-14)15(19)9-11-5-4-8-16-12(11)10-15/h3,6-7,11-12,16,19H,4-5,8-10H2,1-2H3. The number of fused-ring (bicyclic) bond motifs is 1. The van der Waals surface area contributed by atoms with Gasteiger partial charge in [-0.15, -0.1) is 0 Å². The average molecular weight is 261 g/mol. The van der Waals surface area contributed by atoms with Crippen LogP contribution in [0, 0.1) is 5.92 Å². The lowest BCUT2D eigenvalue weighted by Crippen LogP contribution is -2.38. The normalized spacial score (nSPS) is 34.1. The third kappa shape index (κ3) is 2.35. The van der Waals surface area contributed by atoms with Crippen molar-refractivity contribution in [3.8, 4) is 0 Å². The van der Waals surface area contributed by atoms with Gasteiger partial charge < -0.3 is 15.3 Å². The number of rotatable bonds is 2. The minimum absolute atomic E-state index is 0.462. The van der Waals surface area contributed by atoms with E-state index in [0.29, 0.717) is 12.0 Å². The van der Waals surface area contributed by atoms with Gasteiger partial charge in [0.25, 0.3) is 0 Å². The fourth-order valence-electron chi connectivity index (χ4n) is 3.52. The molecule has 0 spiro atoms. The molecule has 0 aromatic carbocycles. The highest BCUT2D eigenvalue weighted by atomic mass is 16.3. The summed E-state index contributed by atoms with van der Waals surface area (Å²) in [5.74, 6) is 1.51. The molecule has 2 aliphatic rings. The monoisotopic (exact) mass is 261 g/mol. The second-order valence-electron chi connectivity index (χ2n) is 6.18. The molecule has 1 aromatic rings. The molecule has 3 rings (SSSR count). The molecule has 104 valence electrons. The van der Waals surface area contributed by atoms with Gasteiger partial charge in [-0.05, 0) is 50.3 Å². The lowest BCUT2D eigenvalue weighted by Gasteiger charge is -2.25. The van der Waals surface area contributed by atoms with E-state index in [9.17, 15) is 5.11 Å². The van der Waals surface area contributed by atoms with E-state index in [0.717, 1.165) is 30.9 Å². The molecular weight excluding hydrogens is 238 g/mol. The number of pyridine rings is 1. The van der Waals surface area contributed by atoms with Gasteiger partial charge in [0.1, 0.15) is 11.4 Å². The molecular formula is C15H23N3O. The Labute approximate surface area is 114 Å². The molecule has 19 heavy (non-hydrogen) atoms. The molecule has 2 fully saturated rings. The summed E-state index contributed by atoms with van der Waals surface area (Å²) in [6.07, 6.45) is 4.09. The van der Waals surface area contributed by atoms with E-state index in [1.54, 1.807) is 0 Å². The molecule has 0 bridgehead atoms. The molecule has 1 aliphatic carbocycles. The fourth-order valence-corrected chi connectivity index (χ4v) is 3.52. The Balaban J connectivity index is 1.86. The summed E-state index contributed by atoms with van der Waals surface area (Å²) in [6.45, 7) is 1.09. The van der Waals surface area contributed by atoms with Crippen LogP contribution in [0.15, 0.2) is 18.2 Å². The van der Waals surface area contributed by atoms with Crippen LogP contribution in [-0.2, 0) is 5.60 Å². The molecule has 2 heterocycles. The number of aliphatic hydroxyl groups is 1. The van der Waals surface area contributed by atoms with E-state index in [-0.39, 0.29) is 0 Å². The molecule has 1 aliphatic heterocycles. The average Bonchev–Trinajstić information content (AvgIpc) is 2.76. The van der Waals surface area contributed by atoms with Crippen LogP contribution in [0.1, 0.15) is 31.4 Å². The van der Waals surface area contributed by atoms with Gasteiger partial charge in [0.2, 0.25) is 0 Å². The zero-order valence-corrected chi connectivity index (χ0v) is 11.8. The van der Waals surface area contributed by atoms with E-state index in [1.165, 1.54) is 12.8 Å². The van der Waals surface area contributed by atoms with E-state index in [1.807, 2.05) is 37.2 Å². The first-order valence-corrected chi connectivity index (χ1v) is 7.19. The molecule has 3 atom stereocenters. The van der Waals surface area contributed by atoms with Crippen molar-refractivity contribution in [3.63, 3.8) is 0 Å². The maximum atomic E-state index is 11.0. The summed E-state index contributed by atoms with van der Waals surface area (Å²) in [4.78, 5) is 6.61. The summed E-state index contributed by atoms with van der Waals surface area (Å²) >= 11 is 0. The van der Waals surface area contributed by atoms with Gasteiger partial charge >= 0.3 is 0 Å². The number of aromatic nitrogens is 1. The Bertz CT molecular complexity index is 446. The van der Waals surface area contributed by atoms with Crippen molar-refractivity contribution < 1.29 is 5.11 Å². The number of hydrogen-bond acceptors (Lipinski definition) is 4. The number of anilines is 1. The van der Waals surface area contributed by atoms with E-state index in [2.05, 4.69) is 10.3 Å². The van der Waals surface area contributed by atoms with E-state index < -0.39 is 5.60 Å². The molecule has 0 radical (unpaired) electrons. The highest BCUT2D eigenvalue weighted by Gasteiger charge is 2.46. The second-order valence-corrected chi connectivity index (χ2v) is 6.18. The first kappa shape index (κ1) is 12.9. The van der Waals surface area contributed by atoms with Crippen molar-refractivity contribution >= 4 is 5.82 Å². The molecule has 1 aromatic heterocycles. The van der Waals surface area contributed by atoms with Gasteiger partial charge in [-0.3, -0.25) is 0 Å². The minimum atomic E-state index is -0.751. The summed E-state index contributed by atoms with van der Waals surface area (Å²) in [5, 5.41) is 14.5. The minimum Gasteiger partial charge on any atom is -0.383 e. The van der Waals surface area contributed by atoms with Crippen molar-refractivity contribution in [3.05, 3.63) is 23.9 Å². The molecule has 1 saturated heterocycles. The molecule has 4 heteroatoms. The van der Waals surface area contributed by atoms with Crippen molar-refractivity contribution in [2.24, 2.45) is 5.92 Å². The molecule has 1 saturated carbocycles. The molecule has 2 N–H and O–H groups in total. The number of nitrogens with one attached hydrogen (secondary N) is 1. The first-order valence-electron chi connectivity index (χ1n) is 7.19. The Morgan fingerprint density at radius 2 is 2.21 bits per heavy atom. The summed E-state index contributed by atoms with van der Waals surface area (Å²) in [5.41, 5.74) is 0.0773. The van der Waals surface area contributed by atoms with Crippen LogP contribution in [0.3, 0.4) is 0 Å². The smallest absolute Gasteiger partial charge is 0.128 e. The van der Waals surface area contributed by atoms with E-state index in [4.69, 9.17) is 0 Å². The van der Waals surface area contributed by atoms with Gasteiger partial charge in [-0.25, -0.2) is 4.98 Å². The van der Waals surface area contributed by atoms with Crippen LogP contribution in [0.5, 0.6) is 0 Å². The van der Waals surface area contributed by atoms with Crippen LogP contribution in [0.25, 0.3) is 0 Å². The summed E-state index contributed by atoms with van der Waals surface area (Å²) in [7, 11) is 3.96. The first-order chi connectivity index (χ1) is 9.08. The number of hydrogen-bond donors (Lipinski definition) is 2. The predicted octanol–water partition coefficient (Wildman–Crippen LogP) is 1.50. The fraction of sp³-hybridized carbons (Fsp3) is 0.667. The summed E-state index contributed by atoms with van der Waals surface area (Å²) < 4.78 is 0. The van der Waals surface area contributed by atoms with Gasteiger partial charge in [0, 0.05) is 20.1 Å². The van der Waals surface area contributed by atoms with Crippen LogP contribution in [-0.4, -0.2) is 36.8 Å². The van der Waals surface area contributed by atoms with E-state index >= 15 is 0 Å². The van der Waals surface area contributed by atoms with Crippen molar-refractivity contribution in [1.82, 2.24) is 10.3 Å². The lowest BCUT2D eigenvalue weighted by molar-refractivity contribution is 0.0346. The van der Waals surface area contributed by atoms with Gasteiger partial charge in [-0.2, -0.15) is 0 Å². The van der Waals surface area contributed by atoms with Crippen LogP contribution >= 0.6 is 0 Å². The van der Waals surface area contributed by atoms with Crippen molar-refractivity contribution in [2.45, 2.75) is 37.3 Å². The highest BCUT2D eigenvalue weighted by Crippen LogP contribution is 2.44. The zero-order valence-electron chi connectivity index (χ0n) is 11.8. The maximum Gasteiger partial charge on any atom is 0.128 e. The second kappa shape index (κ2) is 4.76. The van der Waals surface area contributed by atoms with Gasteiger partial charge in [0.15, 0.2) is 0 Å². The highest BCUT2D eigenvalue weighted by molar-refractivity contribution is 5.38. The SMILES string of the molecule is CN(C)c1cccc(C2(O)CC3CCCNC3C2)n1. The Morgan fingerprint density at radius 3 is 2.95 bits per heavy atom. The Morgan fingerprint density at radius 1 is 1.37 bits per heavy atom. The van der Waals surface area contributed by atoms with Crippen molar-refractivity contribution in [2.75, 3.05) is 25.5 Å². The maximum absolute atomic E-state index is 11.0. The summed E-state index contributed by atoms with van der Waals surface area (Å²) in [6, 6.07) is 6.39. The topological polar surface area (TPSA) is 48.4 Å². The number of nitrogens with zero attached hydrogens (tertiary/aromatic N) is 2. The quantitative estimate of drug-likeness (QED) is 0.847. The van der Waals surface area contributed by atoms with Crippen LogP contribution in [0.4, 0.5) is 5.82 Å². The predicted molar refractivity (Wildman–Crippen MR) is 76.2 cm³/mol. The van der Waals surface area contributed by atoms with Gasteiger partial charge in [0.05, 0.1) is 5.69 Å². The Kier molecular flexibility index (Phi) is 3.23. The zero-order chi connectivity index (χ0) is 13.5. The van der Waals surface area contributed by atoms with Crippen molar-refractivity contribution in [1.29, 1.82) is 0 Å². The largest absolute Gasteiger partial charge is 0.383 e. The molecule has 4 nitrogen and oxygen atoms in total.